The van der Waals surface area contributed by atoms with Gasteiger partial charge >= 0.3 is 6.03 Å². The third-order valence-electron chi connectivity index (χ3n) is 5.05. The second kappa shape index (κ2) is 10.7. The van der Waals surface area contributed by atoms with Crippen molar-refractivity contribution < 1.29 is 27.1 Å². The van der Waals surface area contributed by atoms with Crippen molar-refractivity contribution in [3.8, 4) is 5.75 Å². The first-order valence-electron chi connectivity index (χ1n) is 10.2. The first-order valence-corrected chi connectivity index (χ1v) is 11.9. The summed E-state index contributed by atoms with van der Waals surface area (Å²) in [6.07, 6.45) is 3.62. The van der Waals surface area contributed by atoms with Crippen molar-refractivity contribution in [3.63, 3.8) is 0 Å². The number of sulfonamides is 1. The van der Waals surface area contributed by atoms with E-state index < -0.39 is 28.0 Å². The Hall–Kier alpha value is -2.76. The third kappa shape index (κ3) is 6.38. The molecule has 1 aromatic heterocycles. The molecule has 0 radical (unpaired) electrons. The van der Waals surface area contributed by atoms with Gasteiger partial charge in [0.25, 0.3) is 0 Å². The molecule has 1 aliphatic heterocycles. The molecule has 2 N–H and O–H groups in total. The van der Waals surface area contributed by atoms with Crippen molar-refractivity contribution in [3.05, 3.63) is 48.5 Å². The highest BCUT2D eigenvalue weighted by molar-refractivity contribution is 7.89. The highest BCUT2D eigenvalue weighted by Gasteiger charge is 2.39. The molecule has 0 unspecified atom stereocenters. The molecule has 174 valence electrons. The molecular formula is C21H27FN4O5S. The van der Waals surface area contributed by atoms with Crippen molar-refractivity contribution in [2.45, 2.75) is 31.9 Å². The number of nitrogens with zero attached hydrogens (tertiary/aromatic N) is 2. The fourth-order valence-corrected chi connectivity index (χ4v) is 4.95. The fraction of sp³-hybridized carbons (Fsp3) is 0.429. The Bertz CT molecular complexity index is 1020. The fourth-order valence-electron chi connectivity index (χ4n) is 3.58. The zero-order valence-corrected chi connectivity index (χ0v) is 18.8. The molecule has 0 bridgehead atoms. The van der Waals surface area contributed by atoms with Crippen molar-refractivity contribution in [2.24, 2.45) is 0 Å². The van der Waals surface area contributed by atoms with E-state index in [0.717, 1.165) is 0 Å². The molecule has 2 atom stereocenters. The summed E-state index contributed by atoms with van der Waals surface area (Å²) in [7, 11) is -1.85. The van der Waals surface area contributed by atoms with Gasteiger partial charge in [-0.15, -0.1) is 0 Å². The van der Waals surface area contributed by atoms with E-state index in [9.17, 15) is 17.6 Å². The van der Waals surface area contributed by atoms with Crippen LogP contribution < -0.4 is 15.4 Å². The zero-order valence-electron chi connectivity index (χ0n) is 18.0. The molecule has 2 amide bonds. The van der Waals surface area contributed by atoms with Gasteiger partial charge in [0.1, 0.15) is 17.7 Å². The lowest BCUT2D eigenvalue weighted by Crippen LogP contribution is -2.37. The van der Waals surface area contributed by atoms with Gasteiger partial charge < -0.3 is 20.1 Å². The maximum Gasteiger partial charge on any atom is 0.323 e. The van der Waals surface area contributed by atoms with Crippen LogP contribution in [-0.4, -0.2) is 61.9 Å². The van der Waals surface area contributed by atoms with Crippen LogP contribution >= 0.6 is 0 Å². The SMILES string of the molecule is CCS(=O)(=O)N1C[C@H](Oc2cc(F)cc(NC(=O)Nc3cccnc3)c2)C[C@H]1CCOC. The number of carbonyl (C=O) groups excluding carboxylic acids is 1. The smallest absolute Gasteiger partial charge is 0.323 e. The number of hydrogen-bond donors (Lipinski definition) is 2. The lowest BCUT2D eigenvalue weighted by Gasteiger charge is -2.22. The zero-order chi connectivity index (χ0) is 23.1. The lowest BCUT2D eigenvalue weighted by atomic mass is 10.1. The molecular weight excluding hydrogens is 439 g/mol. The van der Waals surface area contributed by atoms with Crippen LogP contribution in [0.2, 0.25) is 0 Å². The van der Waals surface area contributed by atoms with Crippen LogP contribution in [0.1, 0.15) is 19.8 Å². The molecule has 11 heteroatoms. The van der Waals surface area contributed by atoms with E-state index >= 15 is 0 Å². The van der Waals surface area contributed by atoms with E-state index in [1.165, 1.54) is 28.7 Å². The van der Waals surface area contributed by atoms with Gasteiger partial charge in [-0.2, -0.15) is 4.31 Å². The van der Waals surface area contributed by atoms with E-state index in [-0.39, 0.29) is 29.8 Å². The summed E-state index contributed by atoms with van der Waals surface area (Å²) in [5.74, 6) is -0.400. The van der Waals surface area contributed by atoms with Gasteiger partial charge in [-0.3, -0.25) is 4.98 Å². The van der Waals surface area contributed by atoms with Crippen LogP contribution in [0.5, 0.6) is 5.75 Å². The Morgan fingerprint density at radius 1 is 1.28 bits per heavy atom. The van der Waals surface area contributed by atoms with Gasteiger partial charge in [0, 0.05) is 50.2 Å². The van der Waals surface area contributed by atoms with Gasteiger partial charge in [0.05, 0.1) is 24.2 Å². The number of methoxy groups -OCH3 is 1. The number of amides is 2. The predicted molar refractivity (Wildman–Crippen MR) is 119 cm³/mol. The number of pyridine rings is 1. The average Bonchev–Trinajstić information content (AvgIpc) is 3.15. The molecule has 9 nitrogen and oxygen atoms in total. The number of benzene rings is 1. The van der Waals surface area contributed by atoms with E-state index in [4.69, 9.17) is 9.47 Å². The monoisotopic (exact) mass is 466 g/mol. The molecule has 0 spiro atoms. The highest BCUT2D eigenvalue weighted by Crippen LogP contribution is 2.29. The Kier molecular flexibility index (Phi) is 7.99. The van der Waals surface area contributed by atoms with Gasteiger partial charge in [-0.05, 0) is 31.5 Å². The standard InChI is InChI=1S/C21H27FN4O5S/c1-3-32(28,29)26-14-20(12-18(26)6-8-30-2)31-19-10-15(22)9-17(11-19)25-21(27)24-16-5-4-7-23-13-16/h4-5,7,9-11,13,18,20H,3,6,8,12,14H2,1-2H3,(H2,24,25,27)/t18-,20-/m1/s1. The summed E-state index contributed by atoms with van der Waals surface area (Å²) in [6.45, 7) is 2.19. The van der Waals surface area contributed by atoms with Crippen molar-refractivity contribution in [2.75, 3.05) is 36.6 Å². The Balaban J connectivity index is 1.68. The van der Waals surface area contributed by atoms with Gasteiger partial charge in [-0.25, -0.2) is 17.6 Å². The molecule has 2 aromatic rings. The number of rotatable bonds is 9. The summed E-state index contributed by atoms with van der Waals surface area (Å²) in [6, 6.07) is 6.39. The van der Waals surface area contributed by atoms with Crippen molar-refractivity contribution >= 4 is 27.4 Å². The number of halogens is 1. The molecule has 1 saturated heterocycles. The number of anilines is 2. The molecule has 32 heavy (non-hydrogen) atoms. The number of nitrogens with one attached hydrogen (secondary N) is 2. The second-order valence-corrected chi connectivity index (χ2v) is 9.59. The normalized spacial score (nSPS) is 19.0. The van der Waals surface area contributed by atoms with Crippen LogP contribution in [-0.2, 0) is 14.8 Å². The Morgan fingerprint density at radius 2 is 2.06 bits per heavy atom. The Labute approximate surface area is 187 Å². The minimum absolute atomic E-state index is 0.0106. The molecule has 3 rings (SSSR count). The first-order chi connectivity index (χ1) is 15.3. The average molecular weight is 467 g/mol. The van der Waals surface area contributed by atoms with E-state index in [1.54, 1.807) is 32.4 Å². The van der Waals surface area contributed by atoms with Crippen LogP contribution in [0.15, 0.2) is 42.7 Å². The maximum atomic E-state index is 14.2. The number of ether oxygens (including phenoxy) is 2. The van der Waals surface area contributed by atoms with E-state index in [1.807, 2.05) is 0 Å². The van der Waals surface area contributed by atoms with Gasteiger partial charge in [-0.1, -0.05) is 0 Å². The quantitative estimate of drug-likeness (QED) is 0.588. The minimum Gasteiger partial charge on any atom is -0.489 e. The topological polar surface area (TPSA) is 110 Å². The Morgan fingerprint density at radius 3 is 2.75 bits per heavy atom. The van der Waals surface area contributed by atoms with Crippen molar-refractivity contribution in [1.82, 2.24) is 9.29 Å². The number of hydrogen-bond acceptors (Lipinski definition) is 6. The molecule has 1 aliphatic rings. The summed E-state index contributed by atoms with van der Waals surface area (Å²) in [4.78, 5) is 16.1. The molecule has 1 aromatic carbocycles. The number of urea groups is 1. The van der Waals surface area contributed by atoms with Crippen LogP contribution in [0.25, 0.3) is 0 Å². The summed E-state index contributed by atoms with van der Waals surface area (Å²) < 4.78 is 51.5. The first kappa shape index (κ1) is 23.9. The summed E-state index contributed by atoms with van der Waals surface area (Å²) >= 11 is 0. The van der Waals surface area contributed by atoms with Crippen molar-refractivity contribution in [1.29, 1.82) is 0 Å². The second-order valence-electron chi connectivity index (χ2n) is 7.38. The summed E-state index contributed by atoms with van der Waals surface area (Å²) in [5.41, 5.74) is 0.691. The maximum absolute atomic E-state index is 14.2. The predicted octanol–water partition coefficient (Wildman–Crippen LogP) is 3.07. The van der Waals surface area contributed by atoms with Crippen LogP contribution in [0, 0.1) is 5.82 Å². The van der Waals surface area contributed by atoms with Crippen LogP contribution in [0.4, 0.5) is 20.6 Å². The van der Waals surface area contributed by atoms with Gasteiger partial charge in [0.2, 0.25) is 10.0 Å². The molecule has 1 fully saturated rings. The highest BCUT2D eigenvalue weighted by atomic mass is 32.2. The summed E-state index contributed by atoms with van der Waals surface area (Å²) in [5, 5.41) is 5.15. The van der Waals surface area contributed by atoms with E-state index in [2.05, 4.69) is 15.6 Å². The van der Waals surface area contributed by atoms with E-state index in [0.29, 0.717) is 25.1 Å². The number of aromatic nitrogens is 1. The largest absolute Gasteiger partial charge is 0.489 e. The third-order valence-corrected chi connectivity index (χ3v) is 6.95. The molecule has 2 heterocycles. The lowest BCUT2D eigenvalue weighted by molar-refractivity contribution is 0.173. The molecule has 0 aliphatic carbocycles. The number of carbonyl (C=O) groups is 1. The van der Waals surface area contributed by atoms with Gasteiger partial charge in [0.15, 0.2) is 0 Å². The minimum atomic E-state index is -3.41. The molecule has 0 saturated carbocycles. The van der Waals surface area contributed by atoms with Crippen LogP contribution in [0.3, 0.4) is 0 Å².